The second-order valence-electron chi connectivity index (χ2n) is 6.52. The molecule has 5 nitrogen and oxygen atoms in total. The minimum Gasteiger partial charge on any atom is -0.339 e. The van der Waals surface area contributed by atoms with Crippen molar-refractivity contribution in [1.29, 1.82) is 0 Å². The predicted octanol–water partition coefficient (Wildman–Crippen LogP) is 2.88. The normalized spacial score (nSPS) is 14.1. The molecule has 0 atom stereocenters. The van der Waals surface area contributed by atoms with E-state index in [0.29, 0.717) is 44.0 Å². The van der Waals surface area contributed by atoms with Gasteiger partial charge in [0.25, 0.3) is 0 Å². The first kappa shape index (κ1) is 22.7. The Balaban J connectivity index is 0.00000338. The molecule has 0 unspecified atom stereocenters. The Bertz CT molecular complexity index is 558. The standard InChI is InChI=1S/C19H28ClN3O2.ClH/c20-17-8-6-16(7-9-17)15-19(25)23-13-11-22(12-14-23)18(24)5-3-1-2-4-10-21;/h6-9H,1-5,10-15,21H2;1H. The Morgan fingerprint density at radius 2 is 1.42 bits per heavy atom. The summed E-state index contributed by atoms with van der Waals surface area (Å²) in [6, 6.07) is 7.36. The van der Waals surface area contributed by atoms with E-state index >= 15 is 0 Å². The van der Waals surface area contributed by atoms with Crippen LogP contribution in [0.4, 0.5) is 0 Å². The molecule has 2 rings (SSSR count). The number of benzene rings is 1. The smallest absolute Gasteiger partial charge is 0.227 e. The van der Waals surface area contributed by atoms with E-state index in [1.807, 2.05) is 21.9 Å². The van der Waals surface area contributed by atoms with Gasteiger partial charge in [0.15, 0.2) is 0 Å². The van der Waals surface area contributed by atoms with Gasteiger partial charge < -0.3 is 15.5 Å². The van der Waals surface area contributed by atoms with Crippen LogP contribution in [0, 0.1) is 0 Å². The van der Waals surface area contributed by atoms with Gasteiger partial charge >= 0.3 is 0 Å². The molecule has 1 saturated heterocycles. The molecular weight excluding hydrogens is 373 g/mol. The molecule has 0 saturated carbocycles. The summed E-state index contributed by atoms with van der Waals surface area (Å²) < 4.78 is 0. The van der Waals surface area contributed by atoms with E-state index in [2.05, 4.69) is 0 Å². The minimum atomic E-state index is 0. The van der Waals surface area contributed by atoms with Crippen LogP contribution in [0.25, 0.3) is 0 Å². The molecule has 0 spiro atoms. The first-order valence-electron chi connectivity index (χ1n) is 9.10. The first-order valence-corrected chi connectivity index (χ1v) is 9.48. The number of halogens is 2. The van der Waals surface area contributed by atoms with Crippen LogP contribution in [-0.2, 0) is 16.0 Å². The summed E-state index contributed by atoms with van der Waals surface area (Å²) in [6.45, 7) is 3.22. The number of rotatable bonds is 8. The van der Waals surface area contributed by atoms with E-state index in [0.717, 1.165) is 37.8 Å². The van der Waals surface area contributed by atoms with Crippen molar-refractivity contribution in [2.24, 2.45) is 5.73 Å². The Kier molecular flexibility index (Phi) is 10.6. The van der Waals surface area contributed by atoms with Crippen LogP contribution in [0.3, 0.4) is 0 Å². The summed E-state index contributed by atoms with van der Waals surface area (Å²) in [4.78, 5) is 28.3. The molecule has 1 aromatic carbocycles. The highest BCUT2D eigenvalue weighted by Gasteiger charge is 2.23. The van der Waals surface area contributed by atoms with Crippen molar-refractivity contribution in [3.05, 3.63) is 34.9 Å². The van der Waals surface area contributed by atoms with E-state index < -0.39 is 0 Å². The van der Waals surface area contributed by atoms with Gasteiger partial charge in [0.1, 0.15) is 0 Å². The first-order chi connectivity index (χ1) is 12.1. The van der Waals surface area contributed by atoms with Gasteiger partial charge in [-0.25, -0.2) is 0 Å². The zero-order chi connectivity index (χ0) is 18.1. The number of carbonyl (C=O) groups excluding carboxylic acids is 2. The van der Waals surface area contributed by atoms with Crippen molar-refractivity contribution in [2.45, 2.75) is 38.5 Å². The molecular formula is C19H29Cl2N3O2. The molecule has 1 aliphatic rings. The molecule has 1 aromatic rings. The highest BCUT2D eigenvalue weighted by molar-refractivity contribution is 6.30. The maximum Gasteiger partial charge on any atom is 0.227 e. The summed E-state index contributed by atoms with van der Waals surface area (Å²) in [6.07, 6.45) is 5.09. The van der Waals surface area contributed by atoms with Crippen molar-refractivity contribution < 1.29 is 9.59 Å². The third kappa shape index (κ3) is 7.52. The molecule has 146 valence electrons. The van der Waals surface area contributed by atoms with Gasteiger partial charge in [-0.05, 0) is 37.1 Å². The zero-order valence-electron chi connectivity index (χ0n) is 15.2. The SMILES string of the molecule is Cl.NCCCCCCC(=O)N1CCN(C(=O)Cc2ccc(Cl)cc2)CC1. The van der Waals surface area contributed by atoms with Crippen LogP contribution >= 0.6 is 24.0 Å². The highest BCUT2D eigenvalue weighted by atomic mass is 35.5. The van der Waals surface area contributed by atoms with Gasteiger partial charge in [-0.15, -0.1) is 12.4 Å². The van der Waals surface area contributed by atoms with Crippen molar-refractivity contribution in [3.8, 4) is 0 Å². The van der Waals surface area contributed by atoms with E-state index in [1.54, 1.807) is 12.1 Å². The average Bonchev–Trinajstić information content (AvgIpc) is 2.63. The minimum absolute atomic E-state index is 0. The number of hydrogen-bond acceptors (Lipinski definition) is 3. The fourth-order valence-electron chi connectivity index (χ4n) is 3.03. The monoisotopic (exact) mass is 401 g/mol. The quantitative estimate of drug-likeness (QED) is 0.680. The maximum absolute atomic E-state index is 12.4. The largest absolute Gasteiger partial charge is 0.339 e. The number of piperazine rings is 1. The fraction of sp³-hybridized carbons (Fsp3) is 0.579. The van der Waals surface area contributed by atoms with E-state index in [1.165, 1.54) is 0 Å². The molecule has 2 amide bonds. The Labute approximate surface area is 167 Å². The van der Waals surface area contributed by atoms with E-state index in [-0.39, 0.29) is 24.2 Å². The van der Waals surface area contributed by atoms with Crippen LogP contribution in [-0.4, -0.2) is 54.3 Å². The van der Waals surface area contributed by atoms with Crippen LogP contribution in [0.15, 0.2) is 24.3 Å². The van der Waals surface area contributed by atoms with Crippen molar-refractivity contribution in [1.82, 2.24) is 9.80 Å². The number of unbranched alkanes of at least 4 members (excludes halogenated alkanes) is 3. The summed E-state index contributed by atoms with van der Waals surface area (Å²) >= 11 is 5.87. The molecule has 0 aliphatic carbocycles. The Morgan fingerprint density at radius 3 is 2.00 bits per heavy atom. The van der Waals surface area contributed by atoms with Gasteiger partial charge in [0, 0.05) is 37.6 Å². The third-order valence-corrected chi connectivity index (χ3v) is 4.85. The number of amides is 2. The molecule has 0 radical (unpaired) electrons. The lowest BCUT2D eigenvalue weighted by Gasteiger charge is -2.35. The number of carbonyl (C=O) groups is 2. The van der Waals surface area contributed by atoms with Gasteiger partial charge in [-0.3, -0.25) is 9.59 Å². The second-order valence-corrected chi connectivity index (χ2v) is 6.95. The molecule has 0 bridgehead atoms. The molecule has 1 aliphatic heterocycles. The molecule has 7 heteroatoms. The lowest BCUT2D eigenvalue weighted by molar-refractivity contribution is -0.139. The lowest BCUT2D eigenvalue weighted by Crippen LogP contribution is -2.50. The molecule has 1 fully saturated rings. The lowest BCUT2D eigenvalue weighted by atomic mass is 10.1. The van der Waals surface area contributed by atoms with Gasteiger partial charge in [0.05, 0.1) is 6.42 Å². The number of nitrogens with zero attached hydrogens (tertiary/aromatic N) is 2. The Morgan fingerprint density at radius 1 is 0.885 bits per heavy atom. The summed E-state index contributed by atoms with van der Waals surface area (Å²) in [5.41, 5.74) is 6.43. The highest BCUT2D eigenvalue weighted by Crippen LogP contribution is 2.13. The van der Waals surface area contributed by atoms with Crippen LogP contribution < -0.4 is 5.73 Å². The third-order valence-electron chi connectivity index (χ3n) is 4.60. The summed E-state index contributed by atoms with van der Waals surface area (Å²) in [7, 11) is 0. The number of nitrogens with two attached hydrogens (primary N) is 1. The molecule has 26 heavy (non-hydrogen) atoms. The average molecular weight is 402 g/mol. The van der Waals surface area contributed by atoms with Gasteiger partial charge in [-0.1, -0.05) is 36.6 Å². The van der Waals surface area contributed by atoms with Crippen LogP contribution in [0.5, 0.6) is 0 Å². The van der Waals surface area contributed by atoms with Crippen molar-refractivity contribution in [3.63, 3.8) is 0 Å². The molecule has 1 heterocycles. The zero-order valence-corrected chi connectivity index (χ0v) is 16.7. The fourth-order valence-corrected chi connectivity index (χ4v) is 3.15. The number of hydrogen-bond donors (Lipinski definition) is 1. The summed E-state index contributed by atoms with van der Waals surface area (Å²) in [5, 5.41) is 0.673. The van der Waals surface area contributed by atoms with Gasteiger partial charge in [-0.2, -0.15) is 0 Å². The van der Waals surface area contributed by atoms with E-state index in [9.17, 15) is 9.59 Å². The topological polar surface area (TPSA) is 66.6 Å². The molecule has 2 N–H and O–H groups in total. The Hall–Kier alpha value is -1.30. The summed E-state index contributed by atoms with van der Waals surface area (Å²) in [5.74, 6) is 0.314. The van der Waals surface area contributed by atoms with Crippen molar-refractivity contribution >= 4 is 35.8 Å². The van der Waals surface area contributed by atoms with Crippen LogP contribution in [0.2, 0.25) is 5.02 Å². The second kappa shape index (κ2) is 12.2. The van der Waals surface area contributed by atoms with Crippen molar-refractivity contribution in [2.75, 3.05) is 32.7 Å². The maximum atomic E-state index is 12.4. The van der Waals surface area contributed by atoms with Crippen LogP contribution in [0.1, 0.15) is 37.7 Å². The van der Waals surface area contributed by atoms with E-state index in [4.69, 9.17) is 17.3 Å². The van der Waals surface area contributed by atoms with Gasteiger partial charge in [0.2, 0.25) is 11.8 Å². The predicted molar refractivity (Wildman–Crippen MR) is 108 cm³/mol. The molecule has 0 aromatic heterocycles.